The fourth-order valence-corrected chi connectivity index (χ4v) is 5.65. The van der Waals surface area contributed by atoms with Gasteiger partial charge < -0.3 is 9.64 Å². The second-order valence-corrected chi connectivity index (χ2v) is 9.87. The van der Waals surface area contributed by atoms with Crippen LogP contribution in [0, 0.1) is 0 Å². The van der Waals surface area contributed by atoms with E-state index in [1.807, 2.05) is 18.2 Å². The number of hydrogen-bond acceptors (Lipinski definition) is 4. The fourth-order valence-electron chi connectivity index (χ4n) is 4.21. The van der Waals surface area contributed by atoms with Crippen LogP contribution in [0.2, 0.25) is 0 Å². The summed E-state index contributed by atoms with van der Waals surface area (Å²) in [5, 5.41) is 0. The van der Waals surface area contributed by atoms with Gasteiger partial charge in [-0.3, -0.25) is 0 Å². The van der Waals surface area contributed by atoms with Crippen molar-refractivity contribution in [3.63, 3.8) is 0 Å². The van der Waals surface area contributed by atoms with Crippen molar-refractivity contribution < 1.29 is 13.2 Å². The zero-order valence-corrected chi connectivity index (χ0v) is 17.7. The van der Waals surface area contributed by atoms with Crippen LogP contribution in [0.5, 0.6) is 5.75 Å². The summed E-state index contributed by atoms with van der Waals surface area (Å²) < 4.78 is 33.4. The summed E-state index contributed by atoms with van der Waals surface area (Å²) in [6.07, 6.45) is 5.74. The maximum atomic E-state index is 12.9. The molecule has 0 radical (unpaired) electrons. The van der Waals surface area contributed by atoms with Crippen LogP contribution in [0.1, 0.15) is 36.8 Å². The molecule has 1 saturated heterocycles. The van der Waals surface area contributed by atoms with Crippen molar-refractivity contribution in [3.05, 3.63) is 59.7 Å². The molecule has 0 N–H and O–H groups in total. The number of fused-ring (bicyclic) bond motifs is 1. The summed E-state index contributed by atoms with van der Waals surface area (Å²) >= 11 is 0. The minimum atomic E-state index is -3.46. The summed E-state index contributed by atoms with van der Waals surface area (Å²) in [7, 11) is -3.46. The Kier molecular flexibility index (Phi) is 6.53. The van der Waals surface area contributed by atoms with Gasteiger partial charge in [0.15, 0.2) is 0 Å². The standard InChI is InChI=1S/C23H30N2O3S/c26-29(27,23-8-3-1-4-9-23)25-16-12-20-10-11-22(18-21(20)19-25)28-17-7-15-24-13-5-2-6-14-24/h1,3-4,8-11,18H,2,5-7,12-17,19H2. The molecule has 0 bridgehead atoms. The smallest absolute Gasteiger partial charge is 0.243 e. The first kappa shape index (κ1) is 20.4. The number of sulfonamides is 1. The Morgan fingerprint density at radius 1 is 0.897 bits per heavy atom. The zero-order chi connectivity index (χ0) is 20.1. The zero-order valence-electron chi connectivity index (χ0n) is 16.9. The predicted molar refractivity (Wildman–Crippen MR) is 115 cm³/mol. The maximum Gasteiger partial charge on any atom is 0.243 e. The molecule has 5 nitrogen and oxygen atoms in total. The lowest BCUT2D eigenvalue weighted by Gasteiger charge is -2.28. The largest absolute Gasteiger partial charge is 0.494 e. The van der Waals surface area contributed by atoms with Crippen LogP contribution in [-0.2, 0) is 23.0 Å². The first-order valence-corrected chi connectivity index (χ1v) is 12.1. The number of rotatable bonds is 7. The first-order valence-electron chi connectivity index (χ1n) is 10.6. The second-order valence-electron chi connectivity index (χ2n) is 7.94. The number of ether oxygens (including phenoxy) is 1. The molecule has 0 aromatic heterocycles. The van der Waals surface area contributed by atoms with Crippen molar-refractivity contribution in [1.29, 1.82) is 0 Å². The van der Waals surface area contributed by atoms with Gasteiger partial charge in [0.1, 0.15) is 5.75 Å². The van der Waals surface area contributed by atoms with Gasteiger partial charge in [-0.15, -0.1) is 0 Å². The SMILES string of the molecule is O=S(=O)(c1ccccc1)N1CCc2ccc(OCCCN3CCCCC3)cc2C1. The van der Waals surface area contributed by atoms with Gasteiger partial charge in [0.2, 0.25) is 10.0 Å². The highest BCUT2D eigenvalue weighted by molar-refractivity contribution is 7.89. The Hall–Kier alpha value is -1.89. The maximum absolute atomic E-state index is 12.9. The number of piperidine rings is 1. The van der Waals surface area contributed by atoms with Crippen LogP contribution in [0.3, 0.4) is 0 Å². The summed E-state index contributed by atoms with van der Waals surface area (Å²) in [6, 6.07) is 14.8. The Balaban J connectivity index is 1.35. The minimum Gasteiger partial charge on any atom is -0.494 e. The van der Waals surface area contributed by atoms with Crippen LogP contribution in [0.25, 0.3) is 0 Å². The van der Waals surface area contributed by atoms with Gasteiger partial charge in [-0.1, -0.05) is 30.7 Å². The van der Waals surface area contributed by atoms with E-state index in [4.69, 9.17) is 4.74 Å². The van der Waals surface area contributed by atoms with Gasteiger partial charge in [-0.25, -0.2) is 8.42 Å². The van der Waals surface area contributed by atoms with Gasteiger partial charge in [-0.2, -0.15) is 4.31 Å². The van der Waals surface area contributed by atoms with Gasteiger partial charge >= 0.3 is 0 Å². The number of nitrogens with zero attached hydrogens (tertiary/aromatic N) is 2. The molecular weight excluding hydrogens is 384 g/mol. The van der Waals surface area contributed by atoms with Crippen LogP contribution in [-0.4, -0.2) is 50.4 Å². The van der Waals surface area contributed by atoms with Gasteiger partial charge in [-0.05, 0) is 74.2 Å². The lowest BCUT2D eigenvalue weighted by molar-refractivity contribution is 0.205. The molecule has 2 heterocycles. The van der Waals surface area contributed by atoms with E-state index in [0.29, 0.717) is 24.6 Å². The lowest BCUT2D eigenvalue weighted by atomic mass is 10.0. The predicted octanol–water partition coefficient (Wildman–Crippen LogP) is 3.69. The average Bonchev–Trinajstić information content (AvgIpc) is 2.77. The van der Waals surface area contributed by atoms with Crippen molar-refractivity contribution in [2.24, 2.45) is 0 Å². The Morgan fingerprint density at radius 2 is 1.69 bits per heavy atom. The molecule has 0 saturated carbocycles. The third kappa shape index (κ3) is 5.00. The molecular formula is C23H30N2O3S. The molecule has 6 heteroatoms. The molecule has 0 amide bonds. The molecule has 4 rings (SSSR count). The van der Waals surface area contributed by atoms with Crippen molar-refractivity contribution >= 4 is 10.0 Å². The monoisotopic (exact) mass is 414 g/mol. The van der Waals surface area contributed by atoms with Gasteiger partial charge in [0.25, 0.3) is 0 Å². The van der Waals surface area contributed by atoms with E-state index in [1.165, 1.54) is 37.9 Å². The van der Waals surface area contributed by atoms with Gasteiger partial charge in [0, 0.05) is 19.6 Å². The Labute approximate surface area is 174 Å². The molecule has 156 valence electrons. The second kappa shape index (κ2) is 9.28. The lowest BCUT2D eigenvalue weighted by Crippen LogP contribution is -2.35. The Bertz CT molecular complexity index is 909. The molecule has 2 aliphatic heterocycles. The van der Waals surface area contributed by atoms with Crippen molar-refractivity contribution in [1.82, 2.24) is 9.21 Å². The van der Waals surface area contributed by atoms with E-state index < -0.39 is 10.0 Å². The van der Waals surface area contributed by atoms with Crippen molar-refractivity contribution in [3.8, 4) is 5.75 Å². The number of benzene rings is 2. The highest BCUT2D eigenvalue weighted by Gasteiger charge is 2.28. The molecule has 1 fully saturated rings. The molecule has 29 heavy (non-hydrogen) atoms. The van der Waals surface area contributed by atoms with E-state index in [2.05, 4.69) is 11.0 Å². The highest BCUT2D eigenvalue weighted by Crippen LogP contribution is 2.27. The van der Waals surface area contributed by atoms with Crippen LogP contribution in [0.4, 0.5) is 0 Å². The van der Waals surface area contributed by atoms with Gasteiger partial charge in [0.05, 0.1) is 11.5 Å². The van der Waals surface area contributed by atoms with E-state index in [-0.39, 0.29) is 0 Å². The third-order valence-corrected chi connectivity index (χ3v) is 7.73. The third-order valence-electron chi connectivity index (χ3n) is 5.87. The summed E-state index contributed by atoms with van der Waals surface area (Å²) in [5.41, 5.74) is 2.26. The van der Waals surface area contributed by atoms with Crippen molar-refractivity contribution in [2.45, 2.75) is 43.5 Å². The Morgan fingerprint density at radius 3 is 2.48 bits per heavy atom. The molecule has 2 aliphatic rings. The van der Waals surface area contributed by atoms with Crippen LogP contribution < -0.4 is 4.74 Å². The summed E-state index contributed by atoms with van der Waals surface area (Å²) in [4.78, 5) is 2.88. The molecule has 0 spiro atoms. The molecule has 0 aliphatic carbocycles. The quantitative estimate of drug-likeness (QED) is 0.649. The van der Waals surface area contributed by atoms with E-state index >= 15 is 0 Å². The topological polar surface area (TPSA) is 49.9 Å². The molecule has 2 aromatic carbocycles. The summed E-state index contributed by atoms with van der Waals surface area (Å²) in [6.45, 7) is 5.13. The molecule has 0 unspecified atom stereocenters. The van der Waals surface area contributed by atoms with Crippen molar-refractivity contribution in [2.75, 3.05) is 32.8 Å². The molecule has 2 aromatic rings. The van der Waals surface area contributed by atoms with Crippen LogP contribution in [0.15, 0.2) is 53.4 Å². The van der Waals surface area contributed by atoms with E-state index in [1.54, 1.807) is 28.6 Å². The summed E-state index contributed by atoms with van der Waals surface area (Å²) in [5.74, 6) is 0.835. The highest BCUT2D eigenvalue weighted by atomic mass is 32.2. The average molecular weight is 415 g/mol. The van der Waals surface area contributed by atoms with E-state index in [9.17, 15) is 8.42 Å². The minimum absolute atomic E-state index is 0.355. The van der Waals surface area contributed by atoms with Crippen LogP contribution >= 0.6 is 0 Å². The fraction of sp³-hybridized carbons (Fsp3) is 0.478. The number of hydrogen-bond donors (Lipinski definition) is 0. The normalized spacial score (nSPS) is 18.3. The first-order chi connectivity index (χ1) is 14.1. The molecule has 0 atom stereocenters. The van der Waals surface area contributed by atoms with E-state index in [0.717, 1.165) is 30.7 Å². The number of likely N-dealkylation sites (tertiary alicyclic amines) is 1.